The van der Waals surface area contributed by atoms with Gasteiger partial charge >= 0.3 is 5.97 Å². The van der Waals surface area contributed by atoms with Crippen LogP contribution in [0.15, 0.2) is 23.1 Å². The summed E-state index contributed by atoms with van der Waals surface area (Å²) < 4.78 is 8.45. The van der Waals surface area contributed by atoms with E-state index in [2.05, 4.69) is 10.3 Å². The Morgan fingerprint density at radius 2 is 2.09 bits per heavy atom. The molecule has 0 bridgehead atoms. The molecular weight excluding hydrogens is 284 g/mol. The highest BCUT2D eigenvalue weighted by molar-refractivity contribution is 6.04. The fraction of sp³-hybridized carbons (Fsp3) is 0.333. The highest BCUT2D eigenvalue weighted by atomic mass is 16.5. The first-order chi connectivity index (χ1) is 10.6. The molecule has 22 heavy (non-hydrogen) atoms. The SMILES string of the molecule is CCOC(=O)c1cn(CC)c2c(ccc3c2nnn3C)c1=O. The molecule has 3 aromatic rings. The minimum Gasteiger partial charge on any atom is -0.462 e. The van der Waals surface area contributed by atoms with Crippen LogP contribution in [0.25, 0.3) is 21.9 Å². The lowest BCUT2D eigenvalue weighted by Gasteiger charge is -2.11. The molecule has 0 aliphatic heterocycles. The number of nitrogens with zero attached hydrogens (tertiary/aromatic N) is 4. The fourth-order valence-corrected chi connectivity index (χ4v) is 2.59. The van der Waals surface area contributed by atoms with Gasteiger partial charge in [-0.15, -0.1) is 5.10 Å². The Morgan fingerprint density at radius 3 is 2.77 bits per heavy atom. The summed E-state index contributed by atoms with van der Waals surface area (Å²) in [7, 11) is 1.79. The van der Waals surface area contributed by atoms with Crippen LogP contribution in [-0.4, -0.2) is 32.1 Å². The molecule has 7 nitrogen and oxygen atoms in total. The standard InChI is InChI=1S/C15H16N4O3/c1-4-19-8-10(15(21)22-5-2)14(20)9-6-7-11-12(13(9)19)16-17-18(11)3/h6-8H,4-5H2,1-3H3. The third-order valence-corrected chi connectivity index (χ3v) is 3.65. The van der Waals surface area contributed by atoms with Gasteiger partial charge in [0.15, 0.2) is 0 Å². The molecular formula is C15H16N4O3. The lowest BCUT2D eigenvalue weighted by atomic mass is 10.1. The number of aromatic nitrogens is 4. The van der Waals surface area contributed by atoms with Crippen LogP contribution in [0.3, 0.4) is 0 Å². The maximum absolute atomic E-state index is 12.6. The molecule has 3 rings (SSSR count). The van der Waals surface area contributed by atoms with Gasteiger partial charge in [0.25, 0.3) is 0 Å². The van der Waals surface area contributed by atoms with Crippen molar-refractivity contribution in [3.63, 3.8) is 0 Å². The first-order valence-electron chi connectivity index (χ1n) is 7.11. The number of rotatable bonds is 3. The molecule has 0 radical (unpaired) electrons. The molecule has 1 aromatic carbocycles. The molecule has 2 heterocycles. The van der Waals surface area contributed by atoms with Crippen molar-refractivity contribution in [1.29, 1.82) is 0 Å². The monoisotopic (exact) mass is 300 g/mol. The van der Waals surface area contributed by atoms with E-state index in [-0.39, 0.29) is 17.6 Å². The van der Waals surface area contributed by atoms with E-state index in [0.29, 0.717) is 23.0 Å². The number of esters is 1. The van der Waals surface area contributed by atoms with Crippen molar-refractivity contribution in [2.24, 2.45) is 7.05 Å². The Morgan fingerprint density at radius 1 is 1.32 bits per heavy atom. The minimum atomic E-state index is -0.601. The number of aryl methyl sites for hydroxylation is 2. The van der Waals surface area contributed by atoms with Crippen LogP contribution in [0.1, 0.15) is 24.2 Å². The lowest BCUT2D eigenvalue weighted by molar-refractivity contribution is 0.0524. The molecule has 114 valence electrons. The van der Waals surface area contributed by atoms with E-state index in [1.165, 1.54) is 6.20 Å². The van der Waals surface area contributed by atoms with Gasteiger partial charge in [-0.25, -0.2) is 9.48 Å². The second kappa shape index (κ2) is 5.25. The second-order valence-corrected chi connectivity index (χ2v) is 4.92. The third-order valence-electron chi connectivity index (χ3n) is 3.65. The maximum atomic E-state index is 12.6. The Labute approximate surface area is 126 Å². The van der Waals surface area contributed by atoms with Gasteiger partial charge in [-0.05, 0) is 26.0 Å². The van der Waals surface area contributed by atoms with Gasteiger partial charge in [0.05, 0.1) is 17.6 Å². The maximum Gasteiger partial charge on any atom is 0.343 e. The number of carbonyl (C=O) groups is 1. The van der Waals surface area contributed by atoms with Crippen LogP contribution in [-0.2, 0) is 18.3 Å². The molecule has 0 spiro atoms. The lowest BCUT2D eigenvalue weighted by Crippen LogP contribution is -2.21. The molecule has 7 heteroatoms. The van der Waals surface area contributed by atoms with Crippen molar-refractivity contribution in [3.05, 3.63) is 34.1 Å². The summed E-state index contributed by atoms with van der Waals surface area (Å²) in [6, 6.07) is 3.49. The van der Waals surface area contributed by atoms with Crippen molar-refractivity contribution < 1.29 is 9.53 Å². The highest BCUT2D eigenvalue weighted by Crippen LogP contribution is 2.22. The number of ether oxygens (including phenoxy) is 1. The van der Waals surface area contributed by atoms with Crippen molar-refractivity contribution in [2.45, 2.75) is 20.4 Å². The Bertz CT molecular complexity index is 939. The smallest absolute Gasteiger partial charge is 0.343 e. The molecule has 0 fully saturated rings. The first kappa shape index (κ1) is 14.2. The average molecular weight is 300 g/mol. The van der Waals surface area contributed by atoms with Crippen LogP contribution in [0, 0.1) is 0 Å². The van der Waals surface area contributed by atoms with Crippen molar-refractivity contribution in [3.8, 4) is 0 Å². The van der Waals surface area contributed by atoms with Crippen molar-refractivity contribution >= 4 is 27.9 Å². The van der Waals surface area contributed by atoms with E-state index in [1.54, 1.807) is 30.8 Å². The molecule has 0 aliphatic rings. The van der Waals surface area contributed by atoms with E-state index in [9.17, 15) is 9.59 Å². The first-order valence-corrected chi connectivity index (χ1v) is 7.11. The van der Waals surface area contributed by atoms with Crippen LogP contribution in [0.5, 0.6) is 0 Å². The molecule has 2 aromatic heterocycles. The van der Waals surface area contributed by atoms with Gasteiger partial charge in [0, 0.05) is 25.2 Å². The predicted molar refractivity (Wildman–Crippen MR) is 81.9 cm³/mol. The van der Waals surface area contributed by atoms with Crippen LogP contribution < -0.4 is 5.43 Å². The largest absolute Gasteiger partial charge is 0.462 e. The number of pyridine rings is 1. The number of hydrogen-bond donors (Lipinski definition) is 0. The Hall–Kier alpha value is -2.70. The van der Waals surface area contributed by atoms with Gasteiger partial charge in [-0.3, -0.25) is 4.79 Å². The number of fused-ring (bicyclic) bond motifs is 3. The van der Waals surface area contributed by atoms with Crippen molar-refractivity contribution in [2.75, 3.05) is 6.61 Å². The second-order valence-electron chi connectivity index (χ2n) is 4.92. The van der Waals surface area contributed by atoms with E-state index >= 15 is 0 Å². The summed E-state index contributed by atoms with van der Waals surface area (Å²) in [5.41, 5.74) is 1.86. The highest BCUT2D eigenvalue weighted by Gasteiger charge is 2.18. The number of hydrogen-bond acceptors (Lipinski definition) is 5. The fourth-order valence-electron chi connectivity index (χ4n) is 2.59. The molecule has 0 saturated heterocycles. The van der Waals surface area contributed by atoms with Crippen LogP contribution >= 0.6 is 0 Å². The molecule has 0 atom stereocenters. The summed E-state index contributed by atoms with van der Waals surface area (Å²) in [5, 5.41) is 8.59. The van der Waals surface area contributed by atoms with Gasteiger partial charge in [-0.2, -0.15) is 0 Å². The van der Waals surface area contributed by atoms with Gasteiger partial charge in [-0.1, -0.05) is 5.21 Å². The zero-order chi connectivity index (χ0) is 15.9. The topological polar surface area (TPSA) is 79.0 Å². The van der Waals surface area contributed by atoms with E-state index < -0.39 is 5.97 Å². The normalized spacial score (nSPS) is 11.2. The van der Waals surface area contributed by atoms with Gasteiger partial charge in [0.1, 0.15) is 11.1 Å². The molecule has 0 amide bonds. The molecule has 0 aliphatic carbocycles. The minimum absolute atomic E-state index is 0.0411. The van der Waals surface area contributed by atoms with E-state index in [4.69, 9.17) is 4.74 Å². The van der Waals surface area contributed by atoms with E-state index in [1.807, 2.05) is 11.5 Å². The molecule has 0 N–H and O–H groups in total. The summed E-state index contributed by atoms with van der Waals surface area (Å²) in [5.74, 6) is -0.601. The van der Waals surface area contributed by atoms with E-state index in [0.717, 1.165) is 5.52 Å². The van der Waals surface area contributed by atoms with Gasteiger partial charge < -0.3 is 9.30 Å². The predicted octanol–water partition coefficient (Wildman–Crippen LogP) is 1.48. The Balaban J connectivity index is 2.42. The summed E-state index contributed by atoms with van der Waals surface area (Å²) in [4.78, 5) is 24.6. The summed E-state index contributed by atoms with van der Waals surface area (Å²) in [6.45, 7) is 4.47. The van der Waals surface area contributed by atoms with Crippen LogP contribution in [0.2, 0.25) is 0 Å². The average Bonchev–Trinajstić information content (AvgIpc) is 2.89. The summed E-state index contributed by atoms with van der Waals surface area (Å²) >= 11 is 0. The molecule has 0 saturated carbocycles. The Kier molecular flexibility index (Phi) is 3.40. The zero-order valence-electron chi connectivity index (χ0n) is 12.7. The third kappa shape index (κ3) is 1.97. The number of benzene rings is 1. The van der Waals surface area contributed by atoms with Crippen LogP contribution in [0.4, 0.5) is 0 Å². The molecule has 0 unspecified atom stereocenters. The zero-order valence-corrected chi connectivity index (χ0v) is 12.7. The number of carbonyl (C=O) groups excluding carboxylic acids is 1. The van der Waals surface area contributed by atoms with Gasteiger partial charge in [0.2, 0.25) is 5.43 Å². The summed E-state index contributed by atoms with van der Waals surface area (Å²) in [6.07, 6.45) is 1.54. The van der Waals surface area contributed by atoms with Crippen molar-refractivity contribution in [1.82, 2.24) is 19.6 Å². The quantitative estimate of drug-likeness (QED) is 0.685.